The Kier molecular flexibility index (Phi) is 3.52. The molecule has 0 aliphatic carbocycles. The number of halogens is 2. The second kappa shape index (κ2) is 4.94. The summed E-state index contributed by atoms with van der Waals surface area (Å²) in [5.41, 5.74) is 1.76. The zero-order chi connectivity index (χ0) is 13.3. The molecule has 2 rings (SSSR count). The van der Waals surface area contributed by atoms with Gasteiger partial charge in [0.2, 0.25) is 0 Å². The molecular weight excluding hydrogens is 301 g/mol. The van der Waals surface area contributed by atoms with Crippen LogP contribution in [0.1, 0.15) is 17.4 Å². The minimum atomic E-state index is -0.968. The van der Waals surface area contributed by atoms with E-state index in [0.717, 1.165) is 11.3 Å². The van der Waals surface area contributed by atoms with E-state index in [1.54, 1.807) is 28.8 Å². The number of rotatable bonds is 3. The van der Waals surface area contributed by atoms with Crippen LogP contribution in [0.3, 0.4) is 0 Å². The number of carboxylic acid groups (broad SMARTS) is 1. The maximum Gasteiger partial charge on any atom is 0.352 e. The lowest BCUT2D eigenvalue weighted by atomic mass is 10.1. The summed E-state index contributed by atoms with van der Waals surface area (Å²) in [5.74, 6) is -1.31. The van der Waals surface area contributed by atoms with Crippen LogP contribution in [-0.2, 0) is 6.54 Å². The van der Waals surface area contributed by atoms with Gasteiger partial charge >= 0.3 is 5.97 Å². The highest BCUT2D eigenvalue weighted by atomic mass is 79.9. The number of carbonyl (C=O) groups is 1. The fourth-order valence-corrected chi connectivity index (χ4v) is 2.28. The van der Waals surface area contributed by atoms with Crippen molar-refractivity contribution in [3.05, 3.63) is 46.3 Å². The minimum Gasteiger partial charge on any atom is -0.477 e. The van der Waals surface area contributed by atoms with Crippen molar-refractivity contribution < 1.29 is 14.3 Å². The molecule has 0 bridgehead atoms. The number of nitrogens with zero attached hydrogens (tertiary/aromatic N) is 1. The summed E-state index contributed by atoms with van der Waals surface area (Å²) >= 11 is 3.12. The van der Waals surface area contributed by atoms with Crippen LogP contribution in [0.15, 0.2) is 34.8 Å². The molecule has 2 aromatic rings. The lowest BCUT2D eigenvalue weighted by Crippen LogP contribution is -2.08. The first kappa shape index (κ1) is 12.8. The Balaban J connectivity index is 2.57. The average Bonchev–Trinajstić information content (AvgIpc) is 2.76. The van der Waals surface area contributed by atoms with Crippen molar-refractivity contribution in [1.82, 2.24) is 4.57 Å². The lowest BCUT2D eigenvalue weighted by Gasteiger charge is -2.09. The van der Waals surface area contributed by atoms with Gasteiger partial charge in [0.1, 0.15) is 11.5 Å². The first-order valence-corrected chi connectivity index (χ1v) is 6.22. The van der Waals surface area contributed by atoms with Crippen LogP contribution in [0.5, 0.6) is 0 Å². The standard InChI is InChI=1S/C13H11BrFNO2/c1-2-16-11(5-6-12(16)13(17)18)8-3-4-10(15)9(14)7-8/h3-7H,2H2,1H3,(H,17,18). The third kappa shape index (κ3) is 2.18. The molecule has 0 radical (unpaired) electrons. The molecule has 1 N–H and O–H groups in total. The third-order valence-corrected chi connectivity index (χ3v) is 3.34. The van der Waals surface area contributed by atoms with Gasteiger partial charge in [0.05, 0.1) is 4.47 Å². The van der Waals surface area contributed by atoms with Gasteiger partial charge in [-0.2, -0.15) is 0 Å². The Hall–Kier alpha value is -1.62. The van der Waals surface area contributed by atoms with E-state index in [1.165, 1.54) is 6.07 Å². The molecule has 0 saturated heterocycles. The monoisotopic (exact) mass is 311 g/mol. The molecule has 5 heteroatoms. The molecular formula is C13H11BrFNO2. The summed E-state index contributed by atoms with van der Waals surface area (Å²) in [6.45, 7) is 2.41. The van der Waals surface area contributed by atoms with Gasteiger partial charge in [0.25, 0.3) is 0 Å². The van der Waals surface area contributed by atoms with Crippen LogP contribution in [0.25, 0.3) is 11.3 Å². The zero-order valence-corrected chi connectivity index (χ0v) is 11.2. The highest BCUT2D eigenvalue weighted by Crippen LogP contribution is 2.27. The fourth-order valence-electron chi connectivity index (χ4n) is 1.90. The van der Waals surface area contributed by atoms with E-state index in [4.69, 9.17) is 5.11 Å². The number of carboxylic acids is 1. The summed E-state index contributed by atoms with van der Waals surface area (Å²) in [6, 6.07) is 7.91. The maximum atomic E-state index is 13.2. The maximum absolute atomic E-state index is 13.2. The van der Waals surface area contributed by atoms with Crippen LogP contribution in [0.4, 0.5) is 4.39 Å². The molecule has 0 spiro atoms. The van der Waals surface area contributed by atoms with Crippen LogP contribution in [-0.4, -0.2) is 15.6 Å². The molecule has 0 fully saturated rings. The van der Waals surface area contributed by atoms with Crippen molar-refractivity contribution in [2.24, 2.45) is 0 Å². The topological polar surface area (TPSA) is 42.2 Å². The van der Waals surface area contributed by atoms with Gasteiger partial charge in [-0.15, -0.1) is 0 Å². The molecule has 0 aliphatic rings. The molecule has 1 aromatic heterocycles. The molecule has 1 heterocycles. The predicted molar refractivity (Wildman–Crippen MR) is 70.2 cm³/mol. The van der Waals surface area contributed by atoms with E-state index >= 15 is 0 Å². The van der Waals surface area contributed by atoms with Crippen LogP contribution >= 0.6 is 15.9 Å². The number of hydrogen-bond acceptors (Lipinski definition) is 1. The fraction of sp³-hybridized carbons (Fsp3) is 0.154. The number of aromatic carboxylic acids is 1. The first-order chi connectivity index (χ1) is 8.54. The van der Waals surface area contributed by atoms with Crippen molar-refractivity contribution in [2.75, 3.05) is 0 Å². The Morgan fingerprint density at radius 1 is 1.39 bits per heavy atom. The van der Waals surface area contributed by atoms with Gasteiger partial charge < -0.3 is 9.67 Å². The average molecular weight is 312 g/mol. The summed E-state index contributed by atoms with van der Waals surface area (Å²) in [4.78, 5) is 11.1. The smallest absolute Gasteiger partial charge is 0.352 e. The van der Waals surface area contributed by atoms with Crippen molar-refractivity contribution in [1.29, 1.82) is 0 Å². The first-order valence-electron chi connectivity index (χ1n) is 5.42. The number of hydrogen-bond donors (Lipinski definition) is 1. The summed E-state index contributed by atoms with van der Waals surface area (Å²) < 4.78 is 15.2. The largest absolute Gasteiger partial charge is 0.477 e. The molecule has 0 unspecified atom stereocenters. The van der Waals surface area contributed by atoms with Crippen molar-refractivity contribution in [2.45, 2.75) is 13.5 Å². The van der Waals surface area contributed by atoms with E-state index in [1.807, 2.05) is 6.92 Å². The highest BCUT2D eigenvalue weighted by molar-refractivity contribution is 9.10. The van der Waals surface area contributed by atoms with Crippen molar-refractivity contribution in [3.8, 4) is 11.3 Å². The molecule has 0 amide bonds. The third-order valence-electron chi connectivity index (χ3n) is 2.73. The van der Waals surface area contributed by atoms with Crippen molar-refractivity contribution in [3.63, 3.8) is 0 Å². The van der Waals surface area contributed by atoms with E-state index in [2.05, 4.69) is 15.9 Å². The van der Waals surface area contributed by atoms with E-state index < -0.39 is 5.97 Å². The zero-order valence-electron chi connectivity index (χ0n) is 9.65. The Morgan fingerprint density at radius 2 is 2.11 bits per heavy atom. The van der Waals surface area contributed by atoms with Gasteiger partial charge in [-0.1, -0.05) is 0 Å². The van der Waals surface area contributed by atoms with E-state index in [9.17, 15) is 9.18 Å². The second-order valence-corrected chi connectivity index (χ2v) is 4.64. The lowest BCUT2D eigenvalue weighted by molar-refractivity contribution is 0.0685. The Morgan fingerprint density at radius 3 is 2.67 bits per heavy atom. The number of aromatic nitrogens is 1. The SMILES string of the molecule is CCn1c(C(=O)O)ccc1-c1ccc(F)c(Br)c1. The molecule has 0 aliphatic heterocycles. The van der Waals surface area contributed by atoms with Gasteiger partial charge in [0, 0.05) is 12.2 Å². The van der Waals surface area contributed by atoms with Crippen LogP contribution < -0.4 is 0 Å². The quantitative estimate of drug-likeness (QED) is 0.937. The van der Waals surface area contributed by atoms with E-state index in [0.29, 0.717) is 11.0 Å². The summed E-state index contributed by atoms with van der Waals surface area (Å²) in [6.07, 6.45) is 0. The van der Waals surface area contributed by atoms with Crippen LogP contribution in [0.2, 0.25) is 0 Å². The van der Waals surface area contributed by atoms with Gasteiger partial charge in [-0.25, -0.2) is 9.18 Å². The molecule has 94 valence electrons. The second-order valence-electron chi connectivity index (χ2n) is 3.78. The normalized spacial score (nSPS) is 10.6. The molecule has 1 aromatic carbocycles. The summed E-state index contributed by atoms with van der Waals surface area (Å²) in [5, 5.41) is 9.07. The predicted octanol–water partition coefficient (Wildman–Crippen LogP) is 3.77. The molecule has 18 heavy (non-hydrogen) atoms. The molecule has 0 atom stereocenters. The summed E-state index contributed by atoms with van der Waals surface area (Å²) in [7, 11) is 0. The molecule has 0 saturated carbocycles. The van der Waals surface area contributed by atoms with Gasteiger partial charge in [-0.3, -0.25) is 0 Å². The molecule has 3 nitrogen and oxygen atoms in total. The number of benzene rings is 1. The Labute approximate surface area is 112 Å². The Bertz CT molecular complexity index is 607. The minimum absolute atomic E-state index is 0.230. The van der Waals surface area contributed by atoms with Gasteiger partial charge in [-0.05, 0) is 58.7 Å². The highest BCUT2D eigenvalue weighted by Gasteiger charge is 2.14. The van der Waals surface area contributed by atoms with E-state index in [-0.39, 0.29) is 11.5 Å². The van der Waals surface area contributed by atoms with Crippen molar-refractivity contribution >= 4 is 21.9 Å². The van der Waals surface area contributed by atoms with Gasteiger partial charge in [0.15, 0.2) is 0 Å². The van der Waals surface area contributed by atoms with Crippen LogP contribution in [0, 0.1) is 5.82 Å².